The number of likely N-dealkylation sites (tertiary alicyclic amines) is 1. The zero-order valence-electron chi connectivity index (χ0n) is 16.3. The summed E-state index contributed by atoms with van der Waals surface area (Å²) in [5, 5.41) is 3.05. The summed E-state index contributed by atoms with van der Waals surface area (Å²) in [6.07, 6.45) is 5.27. The molecule has 1 aliphatic carbocycles. The van der Waals surface area contributed by atoms with Crippen LogP contribution in [0, 0.1) is 0 Å². The molecule has 0 bridgehead atoms. The smallest absolute Gasteiger partial charge is 0.251 e. The number of hydrogen-bond acceptors (Lipinski definition) is 5. The summed E-state index contributed by atoms with van der Waals surface area (Å²) in [5.41, 5.74) is 1.42. The molecule has 1 amide bonds. The van der Waals surface area contributed by atoms with Crippen molar-refractivity contribution in [2.24, 2.45) is 0 Å². The van der Waals surface area contributed by atoms with Crippen LogP contribution >= 0.6 is 0 Å². The number of piperidine rings is 1. The van der Waals surface area contributed by atoms with Crippen LogP contribution in [0.3, 0.4) is 0 Å². The molecule has 2 fully saturated rings. The molecule has 0 unspecified atom stereocenters. The topological polar surface area (TPSA) is 91.4 Å². The molecule has 2 heterocycles. The summed E-state index contributed by atoms with van der Waals surface area (Å²) in [5.74, 6) is -0.225. The highest BCUT2D eigenvalue weighted by atomic mass is 32.2. The van der Waals surface area contributed by atoms with Crippen molar-refractivity contribution in [1.82, 2.24) is 19.9 Å². The van der Waals surface area contributed by atoms with Crippen molar-refractivity contribution < 1.29 is 13.2 Å². The molecule has 1 saturated carbocycles. The second-order valence-corrected chi connectivity index (χ2v) is 9.48. The normalized spacial score (nSPS) is 18.5. The van der Waals surface area contributed by atoms with Crippen LogP contribution < -0.4 is 10.0 Å². The fourth-order valence-electron chi connectivity index (χ4n) is 3.52. The Balaban J connectivity index is 1.31. The maximum absolute atomic E-state index is 12.6. The summed E-state index contributed by atoms with van der Waals surface area (Å²) in [6.45, 7) is 2.60. The van der Waals surface area contributed by atoms with E-state index in [-0.39, 0.29) is 22.9 Å². The van der Waals surface area contributed by atoms with E-state index in [1.807, 2.05) is 18.2 Å². The van der Waals surface area contributed by atoms with E-state index in [1.54, 1.807) is 18.3 Å². The van der Waals surface area contributed by atoms with Crippen LogP contribution in [0.2, 0.25) is 0 Å². The summed E-state index contributed by atoms with van der Waals surface area (Å²) in [4.78, 5) is 19.5. The molecule has 0 spiro atoms. The van der Waals surface area contributed by atoms with Crippen molar-refractivity contribution in [3.63, 3.8) is 0 Å². The van der Waals surface area contributed by atoms with E-state index in [2.05, 4.69) is 19.9 Å². The third-order valence-corrected chi connectivity index (χ3v) is 6.86. The molecule has 2 aliphatic rings. The SMILES string of the molecule is O=C(NC1CCN(Cc2ccccn2)CC1)c1cccc(S(=O)(=O)NC2CC2)c1. The van der Waals surface area contributed by atoms with Gasteiger partial charge in [-0.05, 0) is 56.0 Å². The van der Waals surface area contributed by atoms with Crippen molar-refractivity contribution in [1.29, 1.82) is 0 Å². The van der Waals surface area contributed by atoms with E-state index in [9.17, 15) is 13.2 Å². The van der Waals surface area contributed by atoms with Gasteiger partial charge >= 0.3 is 0 Å². The molecule has 29 heavy (non-hydrogen) atoms. The largest absolute Gasteiger partial charge is 0.349 e. The lowest BCUT2D eigenvalue weighted by molar-refractivity contribution is 0.0908. The Morgan fingerprint density at radius 2 is 1.83 bits per heavy atom. The van der Waals surface area contributed by atoms with Crippen molar-refractivity contribution in [2.45, 2.75) is 49.2 Å². The van der Waals surface area contributed by atoms with Gasteiger partial charge in [0.15, 0.2) is 0 Å². The van der Waals surface area contributed by atoms with Gasteiger partial charge in [-0.25, -0.2) is 13.1 Å². The first-order valence-electron chi connectivity index (χ1n) is 10.1. The van der Waals surface area contributed by atoms with Crippen LogP contribution in [-0.4, -0.2) is 49.4 Å². The molecule has 154 valence electrons. The fraction of sp³-hybridized carbons (Fsp3) is 0.429. The van der Waals surface area contributed by atoms with Gasteiger partial charge in [-0.1, -0.05) is 12.1 Å². The number of carbonyl (C=O) groups is 1. The minimum absolute atomic E-state index is 0.0359. The number of pyridine rings is 1. The van der Waals surface area contributed by atoms with Gasteiger partial charge in [0.2, 0.25) is 10.0 Å². The van der Waals surface area contributed by atoms with Crippen LogP contribution in [-0.2, 0) is 16.6 Å². The predicted octanol–water partition coefficient (Wildman–Crippen LogP) is 1.92. The van der Waals surface area contributed by atoms with E-state index in [0.717, 1.165) is 51.0 Å². The van der Waals surface area contributed by atoms with Crippen LogP contribution in [0.5, 0.6) is 0 Å². The van der Waals surface area contributed by atoms with Gasteiger partial charge in [0, 0.05) is 43.5 Å². The molecule has 1 aromatic carbocycles. The molecule has 2 N–H and O–H groups in total. The number of benzene rings is 1. The number of nitrogens with one attached hydrogen (secondary N) is 2. The highest BCUT2D eigenvalue weighted by molar-refractivity contribution is 7.89. The monoisotopic (exact) mass is 414 g/mol. The Morgan fingerprint density at radius 1 is 1.03 bits per heavy atom. The summed E-state index contributed by atoms with van der Waals surface area (Å²) >= 11 is 0. The van der Waals surface area contributed by atoms with Crippen molar-refractivity contribution in [2.75, 3.05) is 13.1 Å². The lowest BCUT2D eigenvalue weighted by Crippen LogP contribution is -2.44. The van der Waals surface area contributed by atoms with Gasteiger partial charge in [0.1, 0.15) is 0 Å². The number of sulfonamides is 1. The number of amides is 1. The first kappa shape index (κ1) is 20.0. The fourth-order valence-corrected chi connectivity index (χ4v) is 4.87. The third kappa shape index (κ3) is 5.41. The second kappa shape index (κ2) is 8.61. The van der Waals surface area contributed by atoms with Crippen LogP contribution in [0.1, 0.15) is 41.7 Å². The molecule has 0 radical (unpaired) electrons. The van der Waals surface area contributed by atoms with E-state index in [0.29, 0.717) is 5.56 Å². The van der Waals surface area contributed by atoms with Crippen LogP contribution in [0.4, 0.5) is 0 Å². The van der Waals surface area contributed by atoms with Gasteiger partial charge in [-0.15, -0.1) is 0 Å². The predicted molar refractivity (Wildman–Crippen MR) is 110 cm³/mol. The Kier molecular flexibility index (Phi) is 5.94. The van der Waals surface area contributed by atoms with E-state index < -0.39 is 10.0 Å². The van der Waals surface area contributed by atoms with Crippen molar-refractivity contribution in [3.05, 3.63) is 59.9 Å². The Hall–Kier alpha value is -2.29. The first-order chi connectivity index (χ1) is 14.0. The van der Waals surface area contributed by atoms with Crippen LogP contribution in [0.25, 0.3) is 0 Å². The van der Waals surface area contributed by atoms with Gasteiger partial charge in [-0.3, -0.25) is 14.7 Å². The molecule has 8 heteroatoms. The highest BCUT2D eigenvalue weighted by Gasteiger charge is 2.28. The van der Waals surface area contributed by atoms with Crippen molar-refractivity contribution in [3.8, 4) is 0 Å². The lowest BCUT2D eigenvalue weighted by Gasteiger charge is -2.32. The Morgan fingerprint density at radius 3 is 2.52 bits per heavy atom. The average molecular weight is 415 g/mol. The molecule has 0 atom stereocenters. The maximum atomic E-state index is 12.6. The number of aromatic nitrogens is 1. The molecular formula is C21H26N4O3S. The highest BCUT2D eigenvalue weighted by Crippen LogP contribution is 2.22. The minimum Gasteiger partial charge on any atom is -0.349 e. The van der Waals surface area contributed by atoms with Crippen molar-refractivity contribution >= 4 is 15.9 Å². The molecule has 1 aliphatic heterocycles. The molecule has 4 rings (SSSR count). The van der Waals surface area contributed by atoms with Gasteiger partial charge < -0.3 is 5.32 Å². The zero-order chi connectivity index (χ0) is 20.3. The second-order valence-electron chi connectivity index (χ2n) is 7.77. The molecular weight excluding hydrogens is 388 g/mol. The first-order valence-corrected chi connectivity index (χ1v) is 11.5. The van der Waals surface area contributed by atoms with Gasteiger partial charge in [0.25, 0.3) is 5.91 Å². The average Bonchev–Trinajstić information content (AvgIpc) is 3.54. The Labute approximate surface area is 171 Å². The third-order valence-electron chi connectivity index (χ3n) is 5.34. The lowest BCUT2D eigenvalue weighted by atomic mass is 10.0. The number of carbonyl (C=O) groups excluding carboxylic acids is 1. The molecule has 1 aromatic heterocycles. The zero-order valence-corrected chi connectivity index (χ0v) is 17.1. The van der Waals surface area contributed by atoms with E-state index >= 15 is 0 Å². The Bertz CT molecular complexity index is 953. The van der Waals surface area contributed by atoms with E-state index in [4.69, 9.17) is 0 Å². The standard InChI is InChI=1S/C21H26N4O3S/c26-21(16-4-3-6-20(14-16)29(27,28)24-18-7-8-18)23-17-9-12-25(13-10-17)15-19-5-1-2-11-22-19/h1-6,11,14,17-18,24H,7-10,12-13,15H2,(H,23,26). The van der Waals surface area contributed by atoms with Crippen LogP contribution in [0.15, 0.2) is 53.6 Å². The molecule has 7 nitrogen and oxygen atoms in total. The maximum Gasteiger partial charge on any atom is 0.251 e. The number of nitrogens with zero attached hydrogens (tertiary/aromatic N) is 2. The van der Waals surface area contributed by atoms with Gasteiger partial charge in [0.05, 0.1) is 10.6 Å². The number of hydrogen-bond donors (Lipinski definition) is 2. The summed E-state index contributed by atoms with van der Waals surface area (Å²) < 4.78 is 27.4. The quantitative estimate of drug-likeness (QED) is 0.722. The summed E-state index contributed by atoms with van der Waals surface area (Å²) in [6, 6.07) is 12.3. The number of rotatable bonds is 7. The molecule has 2 aromatic rings. The summed E-state index contributed by atoms with van der Waals surface area (Å²) in [7, 11) is -3.57. The van der Waals surface area contributed by atoms with E-state index in [1.165, 1.54) is 12.1 Å². The minimum atomic E-state index is -3.57. The molecule has 1 saturated heterocycles. The van der Waals surface area contributed by atoms with Gasteiger partial charge in [-0.2, -0.15) is 0 Å².